The molecule has 11 heavy (non-hydrogen) atoms. The van der Waals surface area contributed by atoms with Gasteiger partial charge >= 0.3 is 105 Å². The summed E-state index contributed by atoms with van der Waals surface area (Å²) in [5, 5.41) is 0. The van der Waals surface area contributed by atoms with Crippen molar-refractivity contribution in [3.63, 3.8) is 0 Å². The Morgan fingerprint density at radius 2 is 1.45 bits per heavy atom. The first-order chi connectivity index (χ1) is 3.71. The van der Waals surface area contributed by atoms with Crippen molar-refractivity contribution in [2.24, 2.45) is 0 Å². The van der Waals surface area contributed by atoms with Crippen LogP contribution in [0.5, 0.6) is 0 Å². The van der Waals surface area contributed by atoms with Gasteiger partial charge in [-0.15, -0.1) is 0 Å². The predicted molar refractivity (Wildman–Crippen MR) is 9.66 cm³/mol. The van der Waals surface area contributed by atoms with Crippen LogP contribution in [0.2, 0.25) is 0 Å². The van der Waals surface area contributed by atoms with Crippen molar-refractivity contribution in [3.8, 4) is 0 Å². The molecule has 0 fully saturated rings. The van der Waals surface area contributed by atoms with E-state index in [9.17, 15) is 19.4 Å². The second-order valence-corrected chi connectivity index (χ2v) is 4.60. The van der Waals surface area contributed by atoms with E-state index in [1.54, 1.807) is 0 Å². The van der Waals surface area contributed by atoms with E-state index in [2.05, 4.69) is 2.84 Å². The summed E-state index contributed by atoms with van der Waals surface area (Å²) in [5.41, 5.74) is 0. The molecule has 0 bridgehead atoms. The van der Waals surface area contributed by atoms with Crippen molar-refractivity contribution in [2.45, 2.75) is 0 Å². The summed E-state index contributed by atoms with van der Waals surface area (Å²) >= 11 is -11.8. The van der Waals surface area contributed by atoms with Gasteiger partial charge < -0.3 is 5.48 Å². The maximum atomic E-state index is 9.49. The van der Waals surface area contributed by atoms with E-state index in [0.29, 0.717) is 0 Å². The third-order valence-electron chi connectivity index (χ3n) is 0.169. The molecule has 0 aromatic carbocycles. The fraction of sp³-hybridized carbons (Fsp3) is 0. The summed E-state index contributed by atoms with van der Waals surface area (Å²) in [4.78, 5) is 0. The Balaban J connectivity index is -0.000000320. The summed E-state index contributed by atoms with van der Waals surface area (Å²) in [6, 6.07) is 0. The molecule has 3 N–H and O–H groups in total. The fourth-order valence-electron chi connectivity index (χ4n) is 0.105. The molecule has 0 rings (SSSR count). The second-order valence-electron chi connectivity index (χ2n) is 0.904. The maximum absolute atomic E-state index is 9.49. The first-order valence-electron chi connectivity index (χ1n) is 1.35. The van der Waals surface area contributed by atoms with Gasteiger partial charge in [0.25, 0.3) is 0 Å². The summed E-state index contributed by atoms with van der Waals surface area (Å²) in [7, 11) is 0. The predicted octanol–water partition coefficient (Wildman–Crippen LogP) is -6.12. The van der Waals surface area contributed by atoms with Gasteiger partial charge in [-0.2, -0.15) is 0 Å². The molecule has 0 heterocycles. The Hall–Kier alpha value is 1.74. The molecular weight excluding hydrogens is 271 g/mol. The first-order valence-corrected chi connectivity index (χ1v) is 5.56. The summed E-state index contributed by atoms with van der Waals surface area (Å²) in [6.07, 6.45) is 0. The van der Waals surface area contributed by atoms with Gasteiger partial charge in [0.2, 0.25) is 0 Å². The third kappa shape index (κ3) is 18.6. The zero-order chi connectivity index (χ0) is 7.71. The average Bonchev–Trinajstić information content (AvgIpc) is 1.14. The van der Waals surface area contributed by atoms with Crippen molar-refractivity contribution in [3.05, 3.63) is 0 Å². The van der Waals surface area contributed by atoms with Gasteiger partial charge in [0, 0.05) is 0 Å². The Bertz CT molecular complexity index is 237. The molecule has 0 aromatic heterocycles. The third-order valence-corrected chi connectivity index (χ3v) is 2.88. The van der Waals surface area contributed by atoms with Gasteiger partial charge in [-0.25, -0.2) is 0 Å². The van der Waals surface area contributed by atoms with Crippen LogP contribution < -0.4 is 55.5 Å². The van der Waals surface area contributed by atoms with Crippen molar-refractivity contribution < 1.29 is 110 Å². The van der Waals surface area contributed by atoms with E-state index in [4.69, 9.17) is 4.16 Å². The molecule has 0 unspecified atom stereocenters. The number of rotatable bonds is 2. The molecule has 0 aliphatic carbocycles. The number of hydrogen-bond donors (Lipinski definition) is 1. The molecule has 0 saturated heterocycles. The Morgan fingerprint density at radius 1 is 1.18 bits per heavy atom. The van der Waals surface area contributed by atoms with E-state index in [0.717, 1.165) is 0 Å². The summed E-state index contributed by atoms with van der Waals surface area (Å²) < 4.78 is 57.6. The second kappa shape index (κ2) is 6.23. The number of hydrogen-bond acceptors (Lipinski definition) is 6. The Kier molecular flexibility index (Phi) is 10.5. The Labute approximate surface area is 108 Å². The molecule has 0 saturated carbocycles. The van der Waals surface area contributed by atoms with Crippen LogP contribution in [0.1, 0.15) is 0 Å². The van der Waals surface area contributed by atoms with E-state index in [1.165, 1.54) is 0 Å². The van der Waals surface area contributed by atoms with Crippen LogP contribution in [-0.4, -0.2) is 9.63 Å². The normalized spacial score (nSPS) is 11.1. The molecule has 0 aliphatic heterocycles. The van der Waals surface area contributed by atoms with Gasteiger partial charge in [0.15, 0.2) is 0 Å². The van der Waals surface area contributed by atoms with Crippen molar-refractivity contribution in [2.75, 3.05) is 0 Å². The topological polar surface area (TPSA) is 152 Å². The van der Waals surface area contributed by atoms with Gasteiger partial charge in [-0.05, 0) is 0 Å². The van der Waals surface area contributed by atoms with Crippen molar-refractivity contribution in [1.29, 1.82) is 0 Å². The van der Waals surface area contributed by atoms with Crippen molar-refractivity contribution in [1.82, 2.24) is 0 Å². The zero-order valence-corrected chi connectivity index (χ0v) is 10.9. The molecular formula is H3Cr2KO8. The first kappa shape index (κ1) is 18.5. The van der Waals surface area contributed by atoms with Crippen LogP contribution in [0.25, 0.3) is 0 Å². The van der Waals surface area contributed by atoms with Crippen molar-refractivity contribution >= 4 is 0 Å². The molecule has 0 spiro atoms. The fourth-order valence-corrected chi connectivity index (χ4v) is 1.79. The van der Waals surface area contributed by atoms with Crippen LogP contribution in [0.15, 0.2) is 0 Å². The molecule has 0 radical (unpaired) electrons. The van der Waals surface area contributed by atoms with Crippen LogP contribution >= 0.6 is 0 Å². The Morgan fingerprint density at radius 3 is 1.45 bits per heavy atom. The standard InChI is InChI=1S/2Cr.K.2H2O.6O/h;;;2*1H2;;;;;;/q;2*+1;;;;;;;;-1/p-1. The van der Waals surface area contributed by atoms with Crippen LogP contribution in [0, 0.1) is 0 Å². The van der Waals surface area contributed by atoms with Crippen LogP contribution in [-0.2, 0) is 45.3 Å². The quantitative estimate of drug-likeness (QED) is 0.491. The van der Waals surface area contributed by atoms with Gasteiger partial charge in [0.05, 0.1) is 0 Å². The minimum atomic E-state index is -6.01. The average molecular weight is 274 g/mol. The SMILES string of the molecule is O.[K+].[O]=[Cr](=[O])([O-])[O][Cr](=[O])(=[O])[OH]. The van der Waals surface area contributed by atoms with E-state index in [-0.39, 0.29) is 56.9 Å². The van der Waals surface area contributed by atoms with Gasteiger partial charge in [0.1, 0.15) is 0 Å². The molecule has 0 aliphatic rings. The van der Waals surface area contributed by atoms with E-state index >= 15 is 0 Å². The molecule has 11 heteroatoms. The minimum absolute atomic E-state index is 0. The molecule has 8 nitrogen and oxygen atoms in total. The van der Waals surface area contributed by atoms with E-state index in [1.807, 2.05) is 0 Å². The molecule has 0 amide bonds. The summed E-state index contributed by atoms with van der Waals surface area (Å²) in [5.74, 6) is 0. The molecule has 64 valence electrons. The van der Waals surface area contributed by atoms with E-state index < -0.39 is 27.2 Å². The molecule has 0 aromatic rings. The monoisotopic (exact) mass is 274 g/mol. The summed E-state index contributed by atoms with van der Waals surface area (Å²) in [6.45, 7) is 0. The van der Waals surface area contributed by atoms with Crippen LogP contribution in [0.3, 0.4) is 0 Å². The van der Waals surface area contributed by atoms with Gasteiger partial charge in [-0.1, -0.05) is 0 Å². The zero-order valence-electron chi connectivity index (χ0n) is 5.21. The van der Waals surface area contributed by atoms with Gasteiger partial charge in [-0.3, -0.25) is 0 Å². The van der Waals surface area contributed by atoms with Crippen LogP contribution in [0.4, 0.5) is 0 Å². The molecule has 0 atom stereocenters.